The van der Waals surface area contributed by atoms with Crippen molar-refractivity contribution in [2.75, 3.05) is 11.9 Å². The molecule has 0 fully saturated rings. The molecule has 0 saturated carbocycles. The Bertz CT molecular complexity index is 658. The molecule has 0 aliphatic rings. The summed E-state index contributed by atoms with van der Waals surface area (Å²) in [7, 11) is 0. The second kappa shape index (κ2) is 5.00. The Morgan fingerprint density at radius 3 is 2.40 bits per heavy atom. The van der Waals surface area contributed by atoms with Gasteiger partial charge in [0.15, 0.2) is 0 Å². The van der Waals surface area contributed by atoms with Crippen molar-refractivity contribution in [3.8, 4) is 0 Å². The molecule has 1 N–H and O–H groups in total. The number of nitrogens with one attached hydrogen (secondary N) is 1. The number of aryl methyl sites for hydroxylation is 1. The van der Waals surface area contributed by atoms with E-state index in [1.54, 1.807) is 6.92 Å². The predicted octanol–water partition coefficient (Wildman–Crippen LogP) is 4.55. The summed E-state index contributed by atoms with van der Waals surface area (Å²) >= 11 is 0. The summed E-state index contributed by atoms with van der Waals surface area (Å²) in [4.78, 5) is 4.34. The number of hydrogen-bond donors (Lipinski definition) is 1. The third-order valence-electron chi connectivity index (χ3n) is 3.29. The SMILES string of the molecule is CCNc1cc(C(C)(C)C)nc2c(F)cc(C)c(F)c12. The van der Waals surface area contributed by atoms with Crippen molar-refractivity contribution in [3.63, 3.8) is 0 Å². The highest BCUT2D eigenvalue weighted by Crippen LogP contribution is 2.33. The van der Waals surface area contributed by atoms with Crippen molar-refractivity contribution < 1.29 is 8.78 Å². The van der Waals surface area contributed by atoms with Gasteiger partial charge in [0.2, 0.25) is 0 Å². The Balaban J connectivity index is 2.89. The van der Waals surface area contributed by atoms with Crippen LogP contribution in [0.25, 0.3) is 10.9 Å². The third-order valence-corrected chi connectivity index (χ3v) is 3.29. The molecule has 0 aliphatic carbocycles. The van der Waals surface area contributed by atoms with E-state index in [4.69, 9.17) is 0 Å². The molecular weight excluding hydrogens is 258 g/mol. The fourth-order valence-electron chi connectivity index (χ4n) is 2.17. The van der Waals surface area contributed by atoms with Gasteiger partial charge in [0.25, 0.3) is 0 Å². The molecule has 20 heavy (non-hydrogen) atoms. The highest BCUT2D eigenvalue weighted by Gasteiger charge is 2.21. The quantitative estimate of drug-likeness (QED) is 0.871. The van der Waals surface area contributed by atoms with Crippen LogP contribution < -0.4 is 5.32 Å². The van der Waals surface area contributed by atoms with Crippen LogP contribution in [0.4, 0.5) is 14.5 Å². The van der Waals surface area contributed by atoms with Gasteiger partial charge in [-0.15, -0.1) is 0 Å². The second-order valence-corrected chi connectivity index (χ2v) is 6.05. The number of fused-ring (bicyclic) bond motifs is 1. The van der Waals surface area contributed by atoms with E-state index < -0.39 is 11.6 Å². The minimum atomic E-state index is -0.482. The lowest BCUT2D eigenvalue weighted by atomic mass is 9.90. The zero-order valence-electron chi connectivity index (χ0n) is 12.6. The van der Waals surface area contributed by atoms with E-state index in [0.29, 0.717) is 17.8 Å². The maximum Gasteiger partial charge on any atom is 0.149 e. The topological polar surface area (TPSA) is 24.9 Å². The second-order valence-electron chi connectivity index (χ2n) is 6.05. The van der Waals surface area contributed by atoms with Gasteiger partial charge in [-0.2, -0.15) is 0 Å². The van der Waals surface area contributed by atoms with Gasteiger partial charge in [-0.25, -0.2) is 13.8 Å². The number of benzene rings is 1. The van der Waals surface area contributed by atoms with Gasteiger partial charge in [-0.1, -0.05) is 20.8 Å². The molecule has 0 unspecified atom stereocenters. The maximum atomic E-state index is 14.3. The highest BCUT2D eigenvalue weighted by molar-refractivity contribution is 5.93. The third kappa shape index (κ3) is 2.47. The highest BCUT2D eigenvalue weighted by atomic mass is 19.1. The number of rotatable bonds is 2. The van der Waals surface area contributed by atoms with Crippen LogP contribution in [0.1, 0.15) is 39.0 Å². The first-order chi connectivity index (χ1) is 9.25. The Morgan fingerprint density at radius 1 is 1.20 bits per heavy atom. The standard InChI is InChI=1S/C16H20F2N2/c1-6-19-11-8-12(16(3,4)5)20-15-10(17)7-9(2)14(18)13(11)15/h7-8H,6H2,1-5H3,(H,19,20). The van der Waals surface area contributed by atoms with Crippen LogP contribution in [-0.2, 0) is 5.41 Å². The Labute approximate surface area is 118 Å². The van der Waals surface area contributed by atoms with E-state index in [1.165, 1.54) is 6.07 Å². The van der Waals surface area contributed by atoms with Crippen LogP contribution >= 0.6 is 0 Å². The molecule has 0 atom stereocenters. The fourth-order valence-corrected chi connectivity index (χ4v) is 2.17. The van der Waals surface area contributed by atoms with E-state index in [2.05, 4.69) is 10.3 Å². The molecule has 2 aromatic rings. The summed E-state index contributed by atoms with van der Waals surface area (Å²) in [6.07, 6.45) is 0. The molecule has 0 aliphatic heterocycles. The molecule has 1 aromatic heterocycles. The lowest BCUT2D eigenvalue weighted by Gasteiger charge is -2.21. The summed E-state index contributed by atoms with van der Waals surface area (Å²) in [5.41, 5.74) is 1.49. The maximum absolute atomic E-state index is 14.3. The van der Waals surface area contributed by atoms with Crippen LogP contribution in [0.15, 0.2) is 12.1 Å². The molecule has 108 valence electrons. The lowest BCUT2D eigenvalue weighted by Crippen LogP contribution is -2.15. The summed E-state index contributed by atoms with van der Waals surface area (Å²) in [6.45, 7) is 10.1. The first kappa shape index (κ1) is 14.7. The van der Waals surface area contributed by atoms with Crippen LogP contribution in [0.3, 0.4) is 0 Å². The molecular formula is C16H20F2N2. The normalized spacial score (nSPS) is 11.9. The summed E-state index contributed by atoms with van der Waals surface area (Å²) in [5, 5.41) is 3.35. The van der Waals surface area contributed by atoms with Gasteiger partial charge in [0.05, 0.1) is 5.39 Å². The number of hydrogen-bond acceptors (Lipinski definition) is 2. The number of pyridine rings is 1. The number of anilines is 1. The fraction of sp³-hybridized carbons (Fsp3) is 0.438. The van der Waals surface area contributed by atoms with Gasteiger partial charge in [0.1, 0.15) is 17.2 Å². The van der Waals surface area contributed by atoms with Crippen molar-refractivity contribution >= 4 is 16.6 Å². The molecule has 0 saturated heterocycles. The summed E-state index contributed by atoms with van der Waals surface area (Å²) in [6, 6.07) is 3.01. The van der Waals surface area contributed by atoms with Gasteiger partial charge in [-0.05, 0) is 31.5 Å². The van der Waals surface area contributed by atoms with E-state index in [-0.39, 0.29) is 16.3 Å². The number of halogens is 2. The Hall–Kier alpha value is -1.71. The van der Waals surface area contributed by atoms with E-state index in [0.717, 1.165) is 5.69 Å². The molecule has 0 spiro atoms. The summed E-state index contributed by atoms with van der Waals surface area (Å²) < 4.78 is 28.5. The number of nitrogens with zero attached hydrogens (tertiary/aromatic N) is 1. The molecule has 0 radical (unpaired) electrons. The minimum Gasteiger partial charge on any atom is -0.385 e. The van der Waals surface area contributed by atoms with Gasteiger partial charge >= 0.3 is 0 Å². The van der Waals surface area contributed by atoms with Crippen molar-refractivity contribution in [3.05, 3.63) is 35.0 Å². The lowest BCUT2D eigenvalue weighted by molar-refractivity contribution is 0.567. The molecule has 0 amide bonds. The van der Waals surface area contributed by atoms with Crippen molar-refractivity contribution in [2.45, 2.75) is 40.0 Å². The van der Waals surface area contributed by atoms with E-state index in [1.807, 2.05) is 33.8 Å². The zero-order valence-corrected chi connectivity index (χ0v) is 12.6. The average Bonchev–Trinajstić information content (AvgIpc) is 2.34. The largest absolute Gasteiger partial charge is 0.385 e. The van der Waals surface area contributed by atoms with Crippen molar-refractivity contribution in [1.82, 2.24) is 4.98 Å². The minimum absolute atomic E-state index is 0.0940. The van der Waals surface area contributed by atoms with Gasteiger partial charge in [0, 0.05) is 23.3 Å². The molecule has 2 nitrogen and oxygen atoms in total. The van der Waals surface area contributed by atoms with Crippen LogP contribution in [-0.4, -0.2) is 11.5 Å². The Kier molecular flexibility index (Phi) is 3.67. The van der Waals surface area contributed by atoms with Crippen LogP contribution in [0, 0.1) is 18.6 Å². The molecule has 2 rings (SSSR count). The summed E-state index contributed by atoms with van der Waals surface area (Å²) in [5.74, 6) is -0.894. The zero-order chi connectivity index (χ0) is 15.1. The first-order valence-electron chi connectivity index (χ1n) is 6.79. The molecule has 0 bridgehead atoms. The predicted molar refractivity (Wildman–Crippen MR) is 79.3 cm³/mol. The Morgan fingerprint density at radius 2 is 1.85 bits per heavy atom. The van der Waals surface area contributed by atoms with E-state index >= 15 is 0 Å². The average molecular weight is 278 g/mol. The molecule has 1 heterocycles. The molecule has 1 aromatic carbocycles. The van der Waals surface area contributed by atoms with Crippen LogP contribution in [0.5, 0.6) is 0 Å². The van der Waals surface area contributed by atoms with Crippen LogP contribution in [0.2, 0.25) is 0 Å². The van der Waals surface area contributed by atoms with Crippen molar-refractivity contribution in [1.29, 1.82) is 0 Å². The first-order valence-corrected chi connectivity index (χ1v) is 6.79. The van der Waals surface area contributed by atoms with Gasteiger partial charge in [-0.3, -0.25) is 0 Å². The monoisotopic (exact) mass is 278 g/mol. The molecule has 4 heteroatoms. The van der Waals surface area contributed by atoms with E-state index in [9.17, 15) is 8.78 Å². The smallest absolute Gasteiger partial charge is 0.149 e. The van der Waals surface area contributed by atoms with Gasteiger partial charge < -0.3 is 5.32 Å². The number of aromatic nitrogens is 1. The van der Waals surface area contributed by atoms with Crippen molar-refractivity contribution in [2.24, 2.45) is 0 Å².